The molecular formula is C16H14O6. The minimum absolute atomic E-state index is 0.0369. The lowest BCUT2D eigenvalue weighted by Crippen LogP contribution is -2.39. The van der Waals surface area contributed by atoms with Crippen molar-refractivity contribution in [2.75, 3.05) is 0 Å². The number of hydrogen-bond donors (Lipinski definition) is 4. The standard InChI is InChI=1S/C16H14O6/c17-7-1-2-9-12(5-7)22-15-8-3-4-11(18)13(19)10(8)6-21-16(15)14(9)20/h1-5,14-20H,6H2. The Morgan fingerprint density at radius 1 is 1.00 bits per heavy atom. The first-order valence-corrected chi connectivity index (χ1v) is 6.89. The minimum atomic E-state index is -0.904. The summed E-state index contributed by atoms with van der Waals surface area (Å²) in [7, 11) is 0. The van der Waals surface area contributed by atoms with E-state index in [-0.39, 0.29) is 23.9 Å². The maximum atomic E-state index is 10.5. The molecule has 2 heterocycles. The molecule has 2 aromatic carbocycles. The highest BCUT2D eigenvalue weighted by atomic mass is 16.6. The summed E-state index contributed by atoms with van der Waals surface area (Å²) in [5.41, 5.74) is 1.64. The molecule has 3 atom stereocenters. The number of ether oxygens (including phenoxy) is 2. The average molecular weight is 302 g/mol. The van der Waals surface area contributed by atoms with E-state index in [1.807, 2.05) is 0 Å². The van der Waals surface area contributed by atoms with Crippen LogP contribution in [-0.4, -0.2) is 26.5 Å². The third-order valence-electron chi connectivity index (χ3n) is 4.20. The van der Waals surface area contributed by atoms with E-state index in [4.69, 9.17) is 9.47 Å². The van der Waals surface area contributed by atoms with Crippen LogP contribution in [0.4, 0.5) is 0 Å². The zero-order chi connectivity index (χ0) is 15.4. The van der Waals surface area contributed by atoms with Gasteiger partial charge in [0.25, 0.3) is 0 Å². The second-order valence-electron chi connectivity index (χ2n) is 5.48. The predicted molar refractivity (Wildman–Crippen MR) is 74.8 cm³/mol. The minimum Gasteiger partial charge on any atom is -0.508 e. The third kappa shape index (κ3) is 1.74. The zero-order valence-corrected chi connectivity index (χ0v) is 11.4. The van der Waals surface area contributed by atoms with Crippen molar-refractivity contribution in [3.05, 3.63) is 47.0 Å². The van der Waals surface area contributed by atoms with E-state index in [0.29, 0.717) is 22.4 Å². The van der Waals surface area contributed by atoms with Crippen LogP contribution < -0.4 is 4.74 Å². The van der Waals surface area contributed by atoms with Gasteiger partial charge in [0.2, 0.25) is 0 Å². The first-order chi connectivity index (χ1) is 10.6. The van der Waals surface area contributed by atoms with E-state index in [0.717, 1.165) is 0 Å². The fraction of sp³-hybridized carbons (Fsp3) is 0.250. The van der Waals surface area contributed by atoms with Crippen molar-refractivity contribution >= 4 is 0 Å². The largest absolute Gasteiger partial charge is 0.508 e. The molecule has 0 aliphatic carbocycles. The molecule has 0 bridgehead atoms. The molecule has 3 unspecified atom stereocenters. The Kier molecular flexibility index (Phi) is 2.72. The van der Waals surface area contributed by atoms with E-state index in [1.54, 1.807) is 12.1 Å². The number of benzene rings is 2. The molecule has 0 saturated heterocycles. The van der Waals surface area contributed by atoms with Crippen LogP contribution in [-0.2, 0) is 11.3 Å². The number of aliphatic hydroxyl groups excluding tert-OH is 1. The molecular weight excluding hydrogens is 288 g/mol. The van der Waals surface area contributed by atoms with Gasteiger partial charge in [-0.3, -0.25) is 0 Å². The summed E-state index contributed by atoms with van der Waals surface area (Å²) in [5, 5.41) is 39.6. The third-order valence-corrected chi connectivity index (χ3v) is 4.20. The van der Waals surface area contributed by atoms with Gasteiger partial charge in [-0.25, -0.2) is 0 Å². The molecule has 6 nitrogen and oxygen atoms in total. The topological polar surface area (TPSA) is 99.4 Å². The molecule has 114 valence electrons. The van der Waals surface area contributed by atoms with Crippen LogP contribution in [0.15, 0.2) is 30.3 Å². The van der Waals surface area contributed by atoms with Gasteiger partial charge in [-0.1, -0.05) is 6.07 Å². The highest BCUT2D eigenvalue weighted by Crippen LogP contribution is 2.49. The van der Waals surface area contributed by atoms with Gasteiger partial charge in [-0.15, -0.1) is 0 Å². The molecule has 0 amide bonds. The molecule has 0 radical (unpaired) electrons. The van der Waals surface area contributed by atoms with Gasteiger partial charge in [0.05, 0.1) is 6.61 Å². The van der Waals surface area contributed by atoms with Crippen LogP contribution in [0.5, 0.6) is 23.0 Å². The van der Waals surface area contributed by atoms with Crippen molar-refractivity contribution in [1.82, 2.24) is 0 Å². The highest BCUT2D eigenvalue weighted by molar-refractivity contribution is 5.52. The smallest absolute Gasteiger partial charge is 0.163 e. The van der Waals surface area contributed by atoms with Crippen molar-refractivity contribution in [2.24, 2.45) is 0 Å². The summed E-state index contributed by atoms with van der Waals surface area (Å²) in [6, 6.07) is 7.53. The molecule has 0 saturated carbocycles. The molecule has 22 heavy (non-hydrogen) atoms. The van der Waals surface area contributed by atoms with Gasteiger partial charge in [0, 0.05) is 22.8 Å². The predicted octanol–water partition coefficient (Wildman–Crippen LogP) is 1.87. The number of hydrogen-bond acceptors (Lipinski definition) is 6. The van der Waals surface area contributed by atoms with Gasteiger partial charge in [-0.05, 0) is 18.2 Å². The van der Waals surface area contributed by atoms with E-state index in [2.05, 4.69) is 0 Å². The van der Waals surface area contributed by atoms with Gasteiger partial charge >= 0.3 is 0 Å². The van der Waals surface area contributed by atoms with Crippen LogP contribution in [0, 0.1) is 0 Å². The molecule has 4 N–H and O–H groups in total. The van der Waals surface area contributed by atoms with Gasteiger partial charge < -0.3 is 29.9 Å². The second-order valence-corrected chi connectivity index (χ2v) is 5.48. The van der Waals surface area contributed by atoms with Gasteiger partial charge in [0.1, 0.15) is 23.7 Å². The van der Waals surface area contributed by atoms with Gasteiger partial charge in [0.15, 0.2) is 17.6 Å². The molecule has 6 heteroatoms. The Bertz CT molecular complexity index is 757. The molecule has 4 rings (SSSR count). The lowest BCUT2D eigenvalue weighted by Gasteiger charge is -2.40. The van der Waals surface area contributed by atoms with Crippen LogP contribution in [0.1, 0.15) is 28.9 Å². The van der Waals surface area contributed by atoms with Crippen molar-refractivity contribution in [3.8, 4) is 23.0 Å². The van der Waals surface area contributed by atoms with Crippen molar-refractivity contribution in [2.45, 2.75) is 24.9 Å². The average Bonchev–Trinajstić information content (AvgIpc) is 2.50. The van der Waals surface area contributed by atoms with Crippen LogP contribution in [0.3, 0.4) is 0 Å². The number of aromatic hydroxyl groups is 3. The van der Waals surface area contributed by atoms with Crippen LogP contribution in [0.25, 0.3) is 0 Å². The molecule has 2 aromatic rings. The van der Waals surface area contributed by atoms with Crippen LogP contribution >= 0.6 is 0 Å². The summed E-state index contributed by atoms with van der Waals surface area (Å²) in [6.45, 7) is 0.0740. The van der Waals surface area contributed by atoms with Crippen molar-refractivity contribution in [3.63, 3.8) is 0 Å². The van der Waals surface area contributed by atoms with E-state index in [1.165, 1.54) is 18.2 Å². The number of phenolic OH excluding ortho intramolecular Hbond substituents is 3. The quantitative estimate of drug-likeness (QED) is 0.554. The maximum Gasteiger partial charge on any atom is 0.163 e. The Morgan fingerprint density at radius 3 is 2.59 bits per heavy atom. The molecule has 2 aliphatic rings. The van der Waals surface area contributed by atoms with E-state index >= 15 is 0 Å². The highest BCUT2D eigenvalue weighted by Gasteiger charge is 2.43. The Balaban J connectivity index is 1.84. The van der Waals surface area contributed by atoms with E-state index < -0.39 is 18.3 Å². The lowest BCUT2D eigenvalue weighted by molar-refractivity contribution is -0.127. The zero-order valence-electron chi connectivity index (χ0n) is 11.4. The summed E-state index contributed by atoms with van der Waals surface area (Å²) in [5.74, 6) is -0.0568. The number of rotatable bonds is 0. The SMILES string of the molecule is Oc1ccc2c(c1)OC1c3ccc(O)c(O)c3COC1C2O. The Morgan fingerprint density at radius 2 is 1.77 bits per heavy atom. The lowest BCUT2D eigenvalue weighted by atomic mass is 9.87. The first kappa shape index (κ1) is 13.2. The summed E-state index contributed by atoms with van der Waals surface area (Å²) in [6.07, 6.45) is -2.15. The summed E-state index contributed by atoms with van der Waals surface area (Å²) in [4.78, 5) is 0. The number of phenols is 3. The molecule has 0 fully saturated rings. The number of aliphatic hydroxyl groups is 1. The second kappa shape index (κ2) is 4.53. The van der Waals surface area contributed by atoms with E-state index in [9.17, 15) is 20.4 Å². The molecule has 2 aliphatic heterocycles. The monoisotopic (exact) mass is 302 g/mol. The summed E-state index contributed by atoms with van der Waals surface area (Å²) >= 11 is 0. The molecule has 0 spiro atoms. The normalized spacial score (nSPS) is 25.6. The number of fused-ring (bicyclic) bond motifs is 4. The Hall–Kier alpha value is -2.44. The van der Waals surface area contributed by atoms with Crippen LogP contribution in [0.2, 0.25) is 0 Å². The van der Waals surface area contributed by atoms with Crippen molar-refractivity contribution < 1.29 is 29.9 Å². The first-order valence-electron chi connectivity index (χ1n) is 6.89. The fourth-order valence-electron chi connectivity index (χ4n) is 3.07. The van der Waals surface area contributed by atoms with Gasteiger partial charge in [-0.2, -0.15) is 0 Å². The van der Waals surface area contributed by atoms with Crippen molar-refractivity contribution in [1.29, 1.82) is 0 Å². The molecule has 0 aromatic heterocycles. The fourth-order valence-corrected chi connectivity index (χ4v) is 3.07. The summed E-state index contributed by atoms with van der Waals surface area (Å²) < 4.78 is 11.5. The Labute approximate surface area is 125 Å². The maximum absolute atomic E-state index is 10.5.